The molecule has 1 aromatic rings. The molecular weight excluding hydrogens is 474 g/mol. The maximum absolute atomic E-state index is 11.6. The molecule has 1 saturated heterocycles. The van der Waals surface area contributed by atoms with Gasteiger partial charge in [0, 0.05) is 18.8 Å². The van der Waals surface area contributed by atoms with Crippen LogP contribution >= 0.6 is 0 Å². The van der Waals surface area contributed by atoms with Crippen molar-refractivity contribution in [1.29, 1.82) is 0 Å². The molecule has 0 aromatic carbocycles. The van der Waals surface area contributed by atoms with E-state index in [1.807, 2.05) is 14.1 Å². The van der Waals surface area contributed by atoms with Crippen LogP contribution in [0, 0.1) is 0 Å². The molecule has 9 nitrogen and oxygen atoms in total. The Balaban J connectivity index is 0.000000373. The molecule has 1 aromatic heterocycles. The van der Waals surface area contributed by atoms with Gasteiger partial charge in [0.2, 0.25) is 0 Å². The lowest BCUT2D eigenvalue weighted by Crippen LogP contribution is -2.32. The van der Waals surface area contributed by atoms with Crippen molar-refractivity contribution >= 4 is 5.97 Å². The zero-order valence-corrected chi connectivity index (χ0v) is 23.6. The molecule has 0 spiro atoms. The summed E-state index contributed by atoms with van der Waals surface area (Å²) >= 11 is 0. The van der Waals surface area contributed by atoms with Crippen LogP contribution < -0.4 is 11.2 Å². The van der Waals surface area contributed by atoms with E-state index >= 15 is 0 Å². The molecule has 1 aliphatic heterocycles. The number of hydrogen-bond acceptors (Lipinski definition) is 7. The standard InChI is InChI=1S/C17H34O3.C11H17N3O3/c1-3-5-7-9-10-12-14-16(20-17(19)15-18)13-11-8-6-4-2;1-13(2)7-8-3-4-10(17-8)14-6-5-9(15)12-11(14)16/h16,18H,3-15H2,1-2H3;5-6,8,10H,3-4,7H2,1-2H3,(H,12,15,16). The number of H-pyrrole nitrogens is 1. The Morgan fingerprint density at radius 2 is 1.65 bits per heavy atom. The predicted octanol–water partition coefficient (Wildman–Crippen LogP) is 4.39. The minimum atomic E-state index is -0.498. The first-order chi connectivity index (χ1) is 17.8. The number of carbonyl (C=O) groups excluding carboxylic acids is 1. The van der Waals surface area contributed by atoms with Crippen LogP contribution in [0.3, 0.4) is 0 Å². The molecule has 214 valence electrons. The summed E-state index contributed by atoms with van der Waals surface area (Å²) in [5, 5.41) is 8.79. The normalized spacial score (nSPS) is 17.9. The first kappa shape index (κ1) is 33.1. The lowest BCUT2D eigenvalue weighted by atomic mass is 10.0. The highest BCUT2D eigenvalue weighted by Gasteiger charge is 2.27. The summed E-state index contributed by atoms with van der Waals surface area (Å²) in [4.78, 5) is 38.0. The molecule has 0 radical (unpaired) electrons. The van der Waals surface area contributed by atoms with E-state index in [0.29, 0.717) is 0 Å². The lowest BCUT2D eigenvalue weighted by Gasteiger charge is -2.18. The first-order valence-corrected chi connectivity index (χ1v) is 14.2. The van der Waals surface area contributed by atoms with Crippen molar-refractivity contribution in [2.75, 3.05) is 27.2 Å². The fourth-order valence-electron chi connectivity index (χ4n) is 4.52. The van der Waals surface area contributed by atoms with Crippen molar-refractivity contribution in [2.45, 2.75) is 122 Å². The van der Waals surface area contributed by atoms with E-state index in [0.717, 1.165) is 45.1 Å². The van der Waals surface area contributed by atoms with E-state index in [-0.39, 0.29) is 24.0 Å². The van der Waals surface area contributed by atoms with Gasteiger partial charge in [-0.15, -0.1) is 0 Å². The maximum Gasteiger partial charge on any atom is 0.332 e. The molecule has 2 N–H and O–H groups in total. The van der Waals surface area contributed by atoms with Gasteiger partial charge in [0.1, 0.15) is 18.9 Å². The van der Waals surface area contributed by atoms with Crippen LogP contribution in [-0.2, 0) is 14.3 Å². The highest BCUT2D eigenvalue weighted by atomic mass is 16.6. The number of carbonyl (C=O) groups is 1. The molecule has 1 aliphatic rings. The summed E-state index contributed by atoms with van der Waals surface area (Å²) in [6.07, 6.45) is 17.3. The van der Waals surface area contributed by atoms with Crippen LogP contribution in [0.2, 0.25) is 0 Å². The summed E-state index contributed by atoms with van der Waals surface area (Å²) in [5.41, 5.74) is -0.790. The number of unbranched alkanes of at least 4 members (excludes halogenated alkanes) is 8. The van der Waals surface area contributed by atoms with Crippen molar-refractivity contribution in [1.82, 2.24) is 14.5 Å². The van der Waals surface area contributed by atoms with Crippen LogP contribution in [-0.4, -0.2) is 65.0 Å². The highest BCUT2D eigenvalue weighted by molar-refractivity contribution is 5.70. The van der Waals surface area contributed by atoms with Gasteiger partial charge in [0.05, 0.1) is 6.10 Å². The number of esters is 1. The first-order valence-electron chi connectivity index (χ1n) is 14.2. The summed E-state index contributed by atoms with van der Waals surface area (Å²) in [6, 6.07) is 1.34. The van der Waals surface area contributed by atoms with Gasteiger partial charge in [-0.1, -0.05) is 65.2 Å². The predicted molar refractivity (Wildman–Crippen MR) is 147 cm³/mol. The van der Waals surface area contributed by atoms with Gasteiger partial charge in [-0.3, -0.25) is 14.3 Å². The average molecular weight is 526 g/mol. The van der Waals surface area contributed by atoms with Crippen LogP contribution in [0.25, 0.3) is 0 Å². The summed E-state index contributed by atoms with van der Waals surface area (Å²) in [6.45, 7) is 4.76. The number of aromatic amines is 1. The molecule has 0 bridgehead atoms. The Hall–Kier alpha value is -1.97. The molecule has 2 heterocycles. The molecule has 2 rings (SSSR count). The topological polar surface area (TPSA) is 114 Å². The molecule has 0 saturated carbocycles. The van der Waals surface area contributed by atoms with Crippen LogP contribution in [0.5, 0.6) is 0 Å². The Labute approximate surface area is 222 Å². The second-order valence-electron chi connectivity index (χ2n) is 10.2. The minimum absolute atomic E-state index is 0.0117. The monoisotopic (exact) mass is 525 g/mol. The van der Waals surface area contributed by atoms with Gasteiger partial charge in [0.25, 0.3) is 5.56 Å². The van der Waals surface area contributed by atoms with E-state index in [9.17, 15) is 14.4 Å². The summed E-state index contributed by atoms with van der Waals surface area (Å²) < 4.78 is 12.5. The van der Waals surface area contributed by atoms with Gasteiger partial charge in [0.15, 0.2) is 0 Å². The second kappa shape index (κ2) is 20.1. The number of hydrogen-bond donors (Lipinski definition) is 2. The van der Waals surface area contributed by atoms with Crippen molar-refractivity contribution in [3.8, 4) is 0 Å². The van der Waals surface area contributed by atoms with Crippen molar-refractivity contribution in [3.63, 3.8) is 0 Å². The largest absolute Gasteiger partial charge is 0.461 e. The van der Waals surface area contributed by atoms with E-state index in [1.165, 1.54) is 68.2 Å². The zero-order chi connectivity index (χ0) is 27.5. The van der Waals surface area contributed by atoms with E-state index in [1.54, 1.807) is 0 Å². The molecule has 3 atom stereocenters. The van der Waals surface area contributed by atoms with Gasteiger partial charge in [-0.25, -0.2) is 9.59 Å². The number of aliphatic hydroxyl groups excluding tert-OH is 1. The number of aromatic nitrogens is 2. The van der Waals surface area contributed by atoms with Crippen LogP contribution in [0.1, 0.15) is 110 Å². The fraction of sp³-hybridized carbons (Fsp3) is 0.821. The lowest BCUT2D eigenvalue weighted by molar-refractivity contribution is -0.153. The number of rotatable bonds is 17. The molecule has 1 fully saturated rings. The molecule has 0 amide bonds. The third-order valence-electron chi connectivity index (χ3n) is 6.50. The molecule has 0 aliphatic carbocycles. The molecule has 37 heavy (non-hydrogen) atoms. The maximum atomic E-state index is 11.6. The Kier molecular flexibility index (Phi) is 17.9. The van der Waals surface area contributed by atoms with Gasteiger partial charge < -0.3 is 19.5 Å². The molecular formula is C28H51N3O6. The Morgan fingerprint density at radius 1 is 1.05 bits per heavy atom. The van der Waals surface area contributed by atoms with E-state index in [4.69, 9.17) is 14.6 Å². The molecule has 3 unspecified atom stereocenters. The molecule has 9 heteroatoms. The van der Waals surface area contributed by atoms with Crippen LogP contribution in [0.4, 0.5) is 0 Å². The third kappa shape index (κ3) is 15.1. The number of aliphatic hydroxyl groups is 1. The van der Waals surface area contributed by atoms with E-state index < -0.39 is 18.3 Å². The SMILES string of the molecule is CCCCCCCCC(CCCCCC)OC(=O)CO.CN(C)CC1CCC(n2ccc(=O)[nH]c2=O)O1. The van der Waals surface area contributed by atoms with Gasteiger partial charge >= 0.3 is 11.7 Å². The summed E-state index contributed by atoms with van der Waals surface area (Å²) in [7, 11) is 3.98. The van der Waals surface area contributed by atoms with Gasteiger partial charge in [-0.2, -0.15) is 0 Å². The average Bonchev–Trinajstić information content (AvgIpc) is 3.31. The van der Waals surface area contributed by atoms with Crippen molar-refractivity contribution in [3.05, 3.63) is 33.1 Å². The Morgan fingerprint density at radius 3 is 2.22 bits per heavy atom. The van der Waals surface area contributed by atoms with Crippen molar-refractivity contribution < 1.29 is 19.4 Å². The number of nitrogens with zero attached hydrogens (tertiary/aromatic N) is 2. The van der Waals surface area contributed by atoms with Crippen LogP contribution in [0.15, 0.2) is 21.9 Å². The minimum Gasteiger partial charge on any atom is -0.461 e. The van der Waals surface area contributed by atoms with Crippen molar-refractivity contribution in [2.24, 2.45) is 0 Å². The summed E-state index contributed by atoms with van der Waals surface area (Å²) in [5.74, 6) is -0.475. The highest BCUT2D eigenvalue weighted by Crippen LogP contribution is 2.26. The number of ether oxygens (including phenoxy) is 2. The number of likely N-dealkylation sites (N-methyl/N-ethyl adjacent to an activating group) is 1. The Bertz CT molecular complexity index is 838. The second-order valence-corrected chi connectivity index (χ2v) is 10.2. The van der Waals surface area contributed by atoms with Gasteiger partial charge in [-0.05, 0) is 52.6 Å². The quantitative estimate of drug-likeness (QED) is 0.229. The number of nitrogens with one attached hydrogen (secondary N) is 1. The zero-order valence-electron chi connectivity index (χ0n) is 23.6. The third-order valence-corrected chi connectivity index (χ3v) is 6.50. The fourth-order valence-corrected chi connectivity index (χ4v) is 4.52. The van der Waals surface area contributed by atoms with E-state index in [2.05, 4.69) is 23.7 Å². The smallest absolute Gasteiger partial charge is 0.332 e.